The highest BCUT2D eigenvalue weighted by Gasteiger charge is 2.47. The number of carbonyl (C=O) groups excluding carboxylic acids is 2. The zero-order valence-corrected chi connectivity index (χ0v) is 14.2. The van der Waals surface area contributed by atoms with Crippen LogP contribution < -0.4 is 9.47 Å². The van der Waals surface area contributed by atoms with Crippen molar-refractivity contribution in [3.05, 3.63) is 23.8 Å². The van der Waals surface area contributed by atoms with Gasteiger partial charge < -0.3 is 19.1 Å². The van der Waals surface area contributed by atoms with Gasteiger partial charge in [-0.2, -0.15) is 0 Å². The van der Waals surface area contributed by atoms with Gasteiger partial charge in [0.05, 0.1) is 21.3 Å². The van der Waals surface area contributed by atoms with Crippen LogP contribution in [-0.4, -0.2) is 51.2 Å². The lowest BCUT2D eigenvalue weighted by Gasteiger charge is -2.23. The third kappa shape index (κ3) is 3.41. The maximum atomic E-state index is 12.6. The standard InChI is InChI=1S/C17H23NO5/c1-10(17(20)23-5)18(2)16(19)14-9-12(14)13-8-11(21-3)6-7-15(13)22-4/h6-8,10,12,14H,9H2,1-5H3/t10-,12-,14+/m0/s1. The normalized spacial score (nSPS) is 20.4. The SMILES string of the molecule is COC(=O)[C@H](C)N(C)C(=O)[C@@H]1C[C@H]1c1cc(OC)ccc1OC. The Hall–Kier alpha value is -2.24. The Morgan fingerprint density at radius 1 is 1.22 bits per heavy atom. The minimum atomic E-state index is -0.596. The van der Waals surface area contributed by atoms with E-state index in [1.165, 1.54) is 12.0 Å². The maximum Gasteiger partial charge on any atom is 0.328 e. The predicted octanol–water partition coefficient (Wildman–Crippen LogP) is 1.83. The summed E-state index contributed by atoms with van der Waals surface area (Å²) in [5.41, 5.74) is 0.962. The van der Waals surface area contributed by atoms with Gasteiger partial charge in [-0.1, -0.05) is 0 Å². The molecule has 1 saturated carbocycles. The first-order chi connectivity index (χ1) is 10.9. The summed E-state index contributed by atoms with van der Waals surface area (Å²) in [5.74, 6) is 0.938. The van der Waals surface area contributed by atoms with Crippen LogP contribution in [0.1, 0.15) is 24.8 Å². The van der Waals surface area contributed by atoms with E-state index in [1.54, 1.807) is 28.2 Å². The molecule has 0 radical (unpaired) electrons. The van der Waals surface area contributed by atoms with E-state index in [4.69, 9.17) is 14.2 Å². The van der Waals surface area contributed by atoms with Gasteiger partial charge in [0, 0.05) is 24.4 Å². The van der Waals surface area contributed by atoms with E-state index in [2.05, 4.69) is 0 Å². The summed E-state index contributed by atoms with van der Waals surface area (Å²) in [6.45, 7) is 1.66. The smallest absolute Gasteiger partial charge is 0.328 e. The molecule has 0 aromatic heterocycles. The second kappa shape index (κ2) is 6.89. The molecule has 0 N–H and O–H groups in total. The second-order valence-electron chi connectivity index (χ2n) is 5.70. The molecule has 0 unspecified atom stereocenters. The highest BCUT2D eigenvalue weighted by molar-refractivity contribution is 5.88. The first kappa shape index (κ1) is 17.1. The van der Waals surface area contributed by atoms with Crippen molar-refractivity contribution in [1.82, 2.24) is 4.90 Å². The van der Waals surface area contributed by atoms with Gasteiger partial charge in [-0.3, -0.25) is 4.79 Å². The lowest BCUT2D eigenvalue weighted by Crippen LogP contribution is -2.41. The largest absolute Gasteiger partial charge is 0.497 e. The van der Waals surface area contributed by atoms with E-state index in [-0.39, 0.29) is 17.7 Å². The van der Waals surface area contributed by atoms with Crippen LogP contribution in [0.2, 0.25) is 0 Å². The zero-order valence-electron chi connectivity index (χ0n) is 14.2. The molecular weight excluding hydrogens is 298 g/mol. The predicted molar refractivity (Wildman–Crippen MR) is 84.6 cm³/mol. The molecule has 2 rings (SSSR count). The number of esters is 1. The van der Waals surface area contributed by atoms with E-state index in [0.717, 1.165) is 23.5 Å². The lowest BCUT2D eigenvalue weighted by atomic mass is 10.1. The van der Waals surface area contributed by atoms with Crippen LogP contribution in [0, 0.1) is 5.92 Å². The first-order valence-corrected chi connectivity index (χ1v) is 7.51. The maximum absolute atomic E-state index is 12.6. The third-order valence-electron chi connectivity index (χ3n) is 4.41. The second-order valence-corrected chi connectivity index (χ2v) is 5.70. The number of carbonyl (C=O) groups is 2. The monoisotopic (exact) mass is 321 g/mol. The minimum Gasteiger partial charge on any atom is -0.497 e. The molecule has 1 amide bonds. The molecule has 3 atom stereocenters. The molecule has 0 saturated heterocycles. The highest BCUT2D eigenvalue weighted by Crippen LogP contribution is 2.52. The van der Waals surface area contributed by atoms with Crippen molar-refractivity contribution in [3.8, 4) is 11.5 Å². The molecule has 0 bridgehead atoms. The van der Waals surface area contributed by atoms with Crippen LogP contribution in [-0.2, 0) is 14.3 Å². The number of methoxy groups -OCH3 is 3. The van der Waals surface area contributed by atoms with Crippen molar-refractivity contribution in [3.63, 3.8) is 0 Å². The number of amides is 1. The summed E-state index contributed by atoms with van der Waals surface area (Å²) in [4.78, 5) is 25.6. The Morgan fingerprint density at radius 2 is 1.91 bits per heavy atom. The average Bonchev–Trinajstić information content (AvgIpc) is 3.38. The van der Waals surface area contributed by atoms with Gasteiger partial charge in [-0.25, -0.2) is 4.79 Å². The molecule has 0 spiro atoms. The van der Waals surface area contributed by atoms with E-state index >= 15 is 0 Å². The van der Waals surface area contributed by atoms with Gasteiger partial charge in [0.15, 0.2) is 0 Å². The van der Waals surface area contributed by atoms with Crippen LogP contribution in [0.15, 0.2) is 18.2 Å². The highest BCUT2D eigenvalue weighted by atomic mass is 16.5. The van der Waals surface area contributed by atoms with Crippen molar-refractivity contribution in [2.75, 3.05) is 28.4 Å². The number of hydrogen-bond donors (Lipinski definition) is 0. The first-order valence-electron chi connectivity index (χ1n) is 7.51. The number of benzene rings is 1. The Kier molecular flexibility index (Phi) is 5.13. The van der Waals surface area contributed by atoms with Gasteiger partial charge in [0.2, 0.25) is 5.91 Å². The lowest BCUT2D eigenvalue weighted by molar-refractivity contribution is -0.151. The molecule has 23 heavy (non-hydrogen) atoms. The molecule has 6 heteroatoms. The molecule has 6 nitrogen and oxygen atoms in total. The minimum absolute atomic E-state index is 0.0576. The van der Waals surface area contributed by atoms with Crippen LogP contribution in [0.3, 0.4) is 0 Å². The molecular formula is C17H23NO5. The van der Waals surface area contributed by atoms with Crippen LogP contribution in [0.4, 0.5) is 0 Å². The van der Waals surface area contributed by atoms with E-state index < -0.39 is 12.0 Å². The van der Waals surface area contributed by atoms with Crippen molar-refractivity contribution in [2.45, 2.75) is 25.3 Å². The van der Waals surface area contributed by atoms with Gasteiger partial charge in [0.25, 0.3) is 0 Å². The summed E-state index contributed by atoms with van der Waals surface area (Å²) in [6, 6.07) is 4.98. The molecule has 0 aliphatic heterocycles. The molecule has 126 valence electrons. The van der Waals surface area contributed by atoms with E-state index in [1.807, 2.05) is 18.2 Å². The number of nitrogens with zero attached hydrogens (tertiary/aromatic N) is 1. The van der Waals surface area contributed by atoms with Crippen LogP contribution in [0.25, 0.3) is 0 Å². The van der Waals surface area contributed by atoms with Gasteiger partial charge >= 0.3 is 5.97 Å². The van der Waals surface area contributed by atoms with Crippen molar-refractivity contribution >= 4 is 11.9 Å². The number of hydrogen-bond acceptors (Lipinski definition) is 5. The summed E-state index contributed by atoms with van der Waals surface area (Å²) < 4.78 is 15.3. The van der Waals surface area contributed by atoms with Crippen LogP contribution in [0.5, 0.6) is 11.5 Å². The Balaban J connectivity index is 2.12. The van der Waals surface area contributed by atoms with Gasteiger partial charge in [-0.05, 0) is 31.5 Å². The molecule has 1 aromatic carbocycles. The van der Waals surface area contributed by atoms with Crippen LogP contribution >= 0.6 is 0 Å². The molecule has 1 aliphatic rings. The fourth-order valence-corrected chi connectivity index (χ4v) is 2.72. The van der Waals surface area contributed by atoms with E-state index in [9.17, 15) is 9.59 Å². The van der Waals surface area contributed by atoms with Gasteiger partial charge in [-0.15, -0.1) is 0 Å². The summed E-state index contributed by atoms with van der Waals surface area (Å²) in [7, 11) is 6.16. The Morgan fingerprint density at radius 3 is 2.48 bits per heavy atom. The van der Waals surface area contributed by atoms with Crippen molar-refractivity contribution in [2.24, 2.45) is 5.92 Å². The molecule has 1 aliphatic carbocycles. The summed E-state index contributed by atoms with van der Waals surface area (Å²) in [6.07, 6.45) is 0.737. The summed E-state index contributed by atoms with van der Waals surface area (Å²) >= 11 is 0. The van der Waals surface area contributed by atoms with Crippen molar-refractivity contribution < 1.29 is 23.8 Å². The molecule has 1 fully saturated rings. The third-order valence-corrected chi connectivity index (χ3v) is 4.41. The average molecular weight is 321 g/mol. The Bertz CT molecular complexity index is 601. The fourth-order valence-electron chi connectivity index (χ4n) is 2.72. The number of rotatable bonds is 6. The quantitative estimate of drug-likeness (QED) is 0.748. The van der Waals surface area contributed by atoms with Crippen molar-refractivity contribution in [1.29, 1.82) is 0 Å². The Labute approximate surface area is 136 Å². The number of likely N-dealkylation sites (N-methyl/N-ethyl adjacent to an activating group) is 1. The molecule has 1 aromatic rings. The molecule has 0 heterocycles. The summed E-state index contributed by atoms with van der Waals surface area (Å²) in [5, 5.41) is 0. The van der Waals surface area contributed by atoms with Gasteiger partial charge in [0.1, 0.15) is 17.5 Å². The van der Waals surface area contributed by atoms with E-state index in [0.29, 0.717) is 0 Å². The fraction of sp³-hybridized carbons (Fsp3) is 0.529. The zero-order chi connectivity index (χ0) is 17.1. The number of ether oxygens (including phenoxy) is 3. The topological polar surface area (TPSA) is 65.1 Å².